The second-order valence-corrected chi connectivity index (χ2v) is 5.43. The van der Waals surface area contributed by atoms with Crippen molar-refractivity contribution in [3.05, 3.63) is 67.1 Å². The number of para-hydroxylation sites is 1. The van der Waals surface area contributed by atoms with Crippen molar-refractivity contribution in [3.63, 3.8) is 0 Å². The first kappa shape index (κ1) is 15.8. The summed E-state index contributed by atoms with van der Waals surface area (Å²) < 4.78 is 6.10. The summed E-state index contributed by atoms with van der Waals surface area (Å²) in [7, 11) is 0. The number of rotatable bonds is 5. The van der Waals surface area contributed by atoms with E-state index in [1.54, 1.807) is 24.3 Å². The van der Waals surface area contributed by atoms with E-state index in [-0.39, 0.29) is 12.3 Å². The molecule has 0 aromatic heterocycles. The largest absolute Gasteiger partial charge is 0.487 e. The quantitative estimate of drug-likeness (QED) is 0.635. The maximum atomic E-state index is 10.9. The van der Waals surface area contributed by atoms with Crippen LogP contribution in [0.4, 0.5) is 5.69 Å². The second kappa shape index (κ2) is 6.89. The van der Waals surface area contributed by atoms with E-state index in [9.17, 15) is 10.1 Å². The summed E-state index contributed by atoms with van der Waals surface area (Å²) in [4.78, 5) is 10.4. The van der Waals surface area contributed by atoms with Crippen molar-refractivity contribution in [2.75, 3.05) is 0 Å². The van der Waals surface area contributed by atoms with Crippen LogP contribution in [-0.4, -0.2) is 4.92 Å². The number of halogens is 2. The highest BCUT2D eigenvalue weighted by Crippen LogP contribution is 2.32. The van der Waals surface area contributed by atoms with Crippen LogP contribution < -0.4 is 10.5 Å². The van der Waals surface area contributed by atoms with Crippen LogP contribution >= 0.6 is 27.5 Å². The summed E-state index contributed by atoms with van der Waals surface area (Å²) in [6.07, 6.45) is 0. The van der Waals surface area contributed by atoms with Gasteiger partial charge in [-0.2, -0.15) is 0 Å². The van der Waals surface area contributed by atoms with Crippen LogP contribution in [0, 0.1) is 10.1 Å². The van der Waals surface area contributed by atoms with E-state index in [0.717, 1.165) is 5.56 Å². The fourth-order valence-electron chi connectivity index (χ4n) is 1.84. The Morgan fingerprint density at radius 2 is 1.90 bits per heavy atom. The third kappa shape index (κ3) is 3.53. The van der Waals surface area contributed by atoms with Gasteiger partial charge in [0.2, 0.25) is 0 Å². The topological polar surface area (TPSA) is 78.4 Å². The summed E-state index contributed by atoms with van der Waals surface area (Å²) in [6, 6.07) is 10.1. The molecule has 2 aromatic carbocycles. The third-order valence-corrected chi connectivity index (χ3v) is 4.11. The Balaban J connectivity index is 2.25. The molecule has 0 heterocycles. The van der Waals surface area contributed by atoms with Crippen molar-refractivity contribution in [1.29, 1.82) is 0 Å². The maximum absolute atomic E-state index is 10.9. The predicted molar refractivity (Wildman–Crippen MR) is 84.5 cm³/mol. The molecule has 2 N–H and O–H groups in total. The van der Waals surface area contributed by atoms with Crippen LogP contribution in [-0.2, 0) is 13.2 Å². The zero-order valence-electron chi connectivity index (χ0n) is 10.9. The fraction of sp³-hybridized carbons (Fsp3) is 0.143. The highest BCUT2D eigenvalue weighted by molar-refractivity contribution is 9.10. The minimum Gasteiger partial charge on any atom is -0.487 e. The second-order valence-electron chi connectivity index (χ2n) is 4.23. The number of nitro benzene ring substituents is 1. The smallest absolute Gasteiger partial charge is 0.283 e. The van der Waals surface area contributed by atoms with E-state index in [1.165, 1.54) is 6.07 Å². The molecular weight excluding hydrogens is 360 g/mol. The highest BCUT2D eigenvalue weighted by Gasteiger charge is 2.16. The van der Waals surface area contributed by atoms with Crippen LogP contribution in [0.15, 0.2) is 40.9 Å². The van der Waals surface area contributed by atoms with Gasteiger partial charge in [0.1, 0.15) is 16.8 Å². The number of hydrogen-bond acceptors (Lipinski definition) is 4. The Kier molecular flexibility index (Phi) is 5.17. The van der Waals surface area contributed by atoms with Crippen LogP contribution in [0.1, 0.15) is 11.1 Å². The molecule has 0 atom stereocenters. The molecule has 7 heteroatoms. The molecule has 0 aliphatic rings. The van der Waals surface area contributed by atoms with Gasteiger partial charge in [-0.25, -0.2) is 0 Å². The number of nitro groups is 1. The van der Waals surface area contributed by atoms with E-state index < -0.39 is 4.92 Å². The Bertz CT molecular complexity index is 679. The molecule has 2 rings (SSSR count). The minimum atomic E-state index is -0.450. The number of nitrogens with two attached hydrogens (primary N) is 1. The molecule has 21 heavy (non-hydrogen) atoms. The lowest BCUT2D eigenvalue weighted by Gasteiger charge is -2.13. The maximum Gasteiger partial charge on any atom is 0.283 e. The summed E-state index contributed by atoms with van der Waals surface area (Å²) >= 11 is 9.33. The Morgan fingerprint density at radius 3 is 2.57 bits per heavy atom. The molecule has 0 aliphatic carbocycles. The standard InChI is InChI=1S/C14H12BrClN2O3/c15-13-10(4-2-6-12(13)18(19)20)8-21-14-9(7-17)3-1-5-11(14)16/h1-6H,7-8,17H2. The Hall–Kier alpha value is -1.63. The van der Waals surface area contributed by atoms with Gasteiger partial charge in [0.15, 0.2) is 0 Å². The molecule has 0 radical (unpaired) electrons. The lowest BCUT2D eigenvalue weighted by molar-refractivity contribution is -0.385. The normalized spacial score (nSPS) is 10.4. The van der Waals surface area contributed by atoms with Gasteiger partial charge in [-0.1, -0.05) is 35.9 Å². The minimum absolute atomic E-state index is 0.00527. The van der Waals surface area contributed by atoms with Crippen molar-refractivity contribution >= 4 is 33.2 Å². The zero-order valence-corrected chi connectivity index (χ0v) is 13.2. The lowest BCUT2D eigenvalue weighted by Crippen LogP contribution is -2.04. The SMILES string of the molecule is NCc1cccc(Cl)c1OCc1cccc([N+](=O)[O-])c1Br. The van der Waals surface area contributed by atoms with Crippen molar-refractivity contribution < 1.29 is 9.66 Å². The molecule has 0 aliphatic heterocycles. The number of ether oxygens (including phenoxy) is 1. The van der Waals surface area contributed by atoms with Gasteiger partial charge in [-0.3, -0.25) is 10.1 Å². The van der Waals surface area contributed by atoms with E-state index in [4.69, 9.17) is 22.1 Å². The monoisotopic (exact) mass is 370 g/mol. The molecule has 110 valence electrons. The average Bonchev–Trinajstić information content (AvgIpc) is 2.46. The van der Waals surface area contributed by atoms with Crippen LogP contribution in [0.5, 0.6) is 5.75 Å². The predicted octanol–water partition coefficient (Wildman–Crippen LogP) is 4.05. The van der Waals surface area contributed by atoms with Crippen molar-refractivity contribution in [1.82, 2.24) is 0 Å². The van der Waals surface area contributed by atoms with Crippen LogP contribution in [0.3, 0.4) is 0 Å². The summed E-state index contributed by atoms with van der Waals surface area (Å²) in [5.41, 5.74) is 7.08. The summed E-state index contributed by atoms with van der Waals surface area (Å²) in [5, 5.41) is 11.4. The molecule has 0 unspecified atom stereocenters. The van der Waals surface area contributed by atoms with E-state index in [1.807, 2.05) is 6.07 Å². The van der Waals surface area contributed by atoms with Gasteiger partial charge >= 0.3 is 0 Å². The number of benzene rings is 2. The first-order chi connectivity index (χ1) is 10.0. The van der Waals surface area contributed by atoms with E-state index in [2.05, 4.69) is 15.9 Å². The number of hydrogen-bond donors (Lipinski definition) is 1. The highest BCUT2D eigenvalue weighted by atomic mass is 79.9. The first-order valence-electron chi connectivity index (χ1n) is 6.06. The van der Waals surface area contributed by atoms with Gasteiger partial charge in [-0.05, 0) is 22.0 Å². The van der Waals surface area contributed by atoms with Crippen LogP contribution in [0.25, 0.3) is 0 Å². The van der Waals surface area contributed by atoms with Gasteiger partial charge in [-0.15, -0.1) is 0 Å². The average molecular weight is 372 g/mol. The molecule has 0 amide bonds. The summed E-state index contributed by atoms with van der Waals surface area (Å²) in [6.45, 7) is 0.449. The van der Waals surface area contributed by atoms with Crippen molar-refractivity contribution in [2.24, 2.45) is 5.73 Å². The molecule has 0 bridgehead atoms. The van der Waals surface area contributed by atoms with Gasteiger partial charge in [0.25, 0.3) is 5.69 Å². The van der Waals surface area contributed by atoms with Crippen molar-refractivity contribution in [3.8, 4) is 5.75 Å². The Morgan fingerprint density at radius 1 is 1.24 bits per heavy atom. The summed E-state index contributed by atoms with van der Waals surface area (Å²) in [5.74, 6) is 0.500. The zero-order chi connectivity index (χ0) is 15.4. The Labute approximate surface area is 134 Å². The molecule has 0 saturated heterocycles. The van der Waals surface area contributed by atoms with E-state index in [0.29, 0.717) is 27.4 Å². The molecule has 0 fully saturated rings. The van der Waals surface area contributed by atoms with E-state index >= 15 is 0 Å². The first-order valence-corrected chi connectivity index (χ1v) is 7.23. The molecular formula is C14H12BrClN2O3. The number of nitrogens with zero attached hydrogens (tertiary/aromatic N) is 1. The van der Waals surface area contributed by atoms with Crippen molar-refractivity contribution in [2.45, 2.75) is 13.2 Å². The van der Waals surface area contributed by atoms with Gasteiger partial charge < -0.3 is 10.5 Å². The molecule has 0 saturated carbocycles. The van der Waals surface area contributed by atoms with Gasteiger partial charge in [0, 0.05) is 23.7 Å². The van der Waals surface area contributed by atoms with Crippen LogP contribution in [0.2, 0.25) is 5.02 Å². The fourth-order valence-corrected chi connectivity index (χ4v) is 2.62. The lowest BCUT2D eigenvalue weighted by atomic mass is 10.2. The molecule has 0 spiro atoms. The van der Waals surface area contributed by atoms with Gasteiger partial charge in [0.05, 0.1) is 9.95 Å². The molecule has 2 aromatic rings. The molecule has 5 nitrogen and oxygen atoms in total. The third-order valence-electron chi connectivity index (χ3n) is 2.90.